The van der Waals surface area contributed by atoms with Crippen molar-refractivity contribution < 1.29 is 18.1 Å². The van der Waals surface area contributed by atoms with Gasteiger partial charge in [0.2, 0.25) is 0 Å². The first kappa shape index (κ1) is 25.7. The van der Waals surface area contributed by atoms with E-state index in [0.717, 1.165) is 44.4 Å². The largest absolute Gasteiger partial charge is 0.443 e. The predicted octanol–water partition coefficient (Wildman–Crippen LogP) is 9.27. The van der Waals surface area contributed by atoms with Crippen LogP contribution in [0.2, 0.25) is 0 Å². The van der Waals surface area contributed by atoms with Crippen LogP contribution in [0.4, 0.5) is 0 Å². The van der Waals surface area contributed by atoms with Crippen molar-refractivity contribution in [1.82, 2.24) is 0 Å². The van der Waals surface area contributed by atoms with Crippen LogP contribution in [0.1, 0.15) is 11.1 Å². The first-order valence-electron chi connectivity index (χ1n) is 13.9. The predicted molar refractivity (Wildman–Crippen MR) is 172 cm³/mol. The summed E-state index contributed by atoms with van der Waals surface area (Å²) in [5.41, 5.74) is 6.71. The van der Waals surface area contributed by atoms with Gasteiger partial charge in [0.1, 0.15) is 11.5 Å². The average molecular weight is 585 g/mol. The van der Waals surface area contributed by atoms with E-state index in [0.29, 0.717) is 13.2 Å². The van der Waals surface area contributed by atoms with Gasteiger partial charge in [0.25, 0.3) is 16.8 Å². The Bertz CT molecular complexity index is 1800. The minimum atomic E-state index is -1.30. The molecule has 2 heterocycles. The highest BCUT2D eigenvalue weighted by molar-refractivity contribution is 7.57. The topological polar surface area (TPSA) is 36.9 Å². The summed E-state index contributed by atoms with van der Waals surface area (Å²) in [5.74, 6) is 1.72. The Morgan fingerprint density at radius 1 is 0.429 bits per heavy atom. The van der Waals surface area contributed by atoms with Crippen LogP contribution in [0, 0.1) is 0 Å². The third-order valence-corrected chi connectivity index (χ3v) is 10.7. The van der Waals surface area contributed by atoms with Gasteiger partial charge in [-0.3, -0.25) is 0 Å². The van der Waals surface area contributed by atoms with Crippen LogP contribution in [0.25, 0.3) is 33.0 Å². The molecular weight excluding hydrogens is 558 g/mol. The molecule has 2 atom stereocenters. The molecule has 2 aliphatic rings. The van der Waals surface area contributed by atoms with E-state index >= 15 is 0 Å². The molecule has 4 nitrogen and oxygen atoms in total. The molecule has 0 aliphatic carbocycles. The second-order valence-corrected chi connectivity index (χ2v) is 13.1. The molecule has 2 aliphatic heterocycles. The third-order valence-electron chi connectivity index (χ3n) is 7.66. The van der Waals surface area contributed by atoms with Crippen molar-refractivity contribution in [1.29, 1.82) is 0 Å². The van der Waals surface area contributed by atoms with Gasteiger partial charge in [-0.25, -0.2) is 0 Å². The van der Waals surface area contributed by atoms with E-state index in [1.165, 1.54) is 21.9 Å². The van der Waals surface area contributed by atoms with Crippen molar-refractivity contribution in [3.63, 3.8) is 0 Å². The molecule has 8 rings (SSSR count). The summed E-state index contributed by atoms with van der Waals surface area (Å²) < 4.78 is 26.1. The van der Waals surface area contributed by atoms with Crippen LogP contribution in [-0.4, -0.2) is 0 Å². The maximum absolute atomic E-state index is 6.60. The Labute approximate surface area is 247 Å². The molecule has 42 heavy (non-hydrogen) atoms. The highest BCUT2D eigenvalue weighted by Gasteiger charge is 2.29. The number of hydrogen-bond acceptors (Lipinski definition) is 4. The smallest absolute Gasteiger partial charge is 0.266 e. The number of rotatable bonds is 6. The lowest BCUT2D eigenvalue weighted by molar-refractivity contribution is 0.290. The summed E-state index contributed by atoms with van der Waals surface area (Å²) in [6, 6.07) is 45.9. The van der Waals surface area contributed by atoms with Crippen LogP contribution in [0.15, 0.2) is 133 Å². The maximum Gasteiger partial charge on any atom is 0.266 e. The quantitative estimate of drug-likeness (QED) is 0.183. The second kappa shape index (κ2) is 11.0. The molecule has 0 saturated heterocycles. The Hall–Kier alpha value is -4.04. The van der Waals surface area contributed by atoms with Gasteiger partial charge in [-0.1, -0.05) is 97.1 Å². The lowest BCUT2D eigenvalue weighted by Gasteiger charge is -2.28. The van der Waals surface area contributed by atoms with Gasteiger partial charge in [0.05, 0.1) is 23.8 Å². The summed E-state index contributed by atoms with van der Waals surface area (Å²) in [6.07, 6.45) is 0. The van der Waals surface area contributed by atoms with E-state index in [1.54, 1.807) is 0 Å². The van der Waals surface area contributed by atoms with Gasteiger partial charge < -0.3 is 18.1 Å². The minimum absolute atomic E-state index is 0.407. The zero-order chi connectivity index (χ0) is 27.9. The summed E-state index contributed by atoms with van der Waals surface area (Å²) >= 11 is 0. The van der Waals surface area contributed by atoms with E-state index in [-0.39, 0.29) is 0 Å². The summed E-state index contributed by atoms with van der Waals surface area (Å²) in [5, 5.41) is 4.53. The molecule has 0 fully saturated rings. The number of para-hydroxylation sites is 2. The lowest BCUT2D eigenvalue weighted by atomic mass is 10.0. The van der Waals surface area contributed by atoms with Gasteiger partial charge >= 0.3 is 0 Å². The van der Waals surface area contributed by atoms with Gasteiger partial charge in [0, 0.05) is 11.1 Å². The summed E-state index contributed by atoms with van der Waals surface area (Å²) in [6.45, 7) is 0.813. The van der Waals surface area contributed by atoms with Gasteiger partial charge in [-0.2, -0.15) is 0 Å². The minimum Gasteiger partial charge on any atom is -0.443 e. The van der Waals surface area contributed by atoms with Crippen LogP contribution < -0.4 is 19.7 Å². The van der Waals surface area contributed by atoms with Gasteiger partial charge in [0.15, 0.2) is 0 Å². The maximum atomic E-state index is 6.60. The summed E-state index contributed by atoms with van der Waals surface area (Å²) in [7, 11) is -2.60. The zero-order valence-electron chi connectivity index (χ0n) is 22.6. The molecule has 6 aromatic carbocycles. The lowest BCUT2D eigenvalue weighted by Crippen LogP contribution is -2.16. The van der Waals surface area contributed by atoms with Gasteiger partial charge in [-0.15, -0.1) is 0 Å². The van der Waals surface area contributed by atoms with Crippen molar-refractivity contribution in [2.24, 2.45) is 0 Å². The molecular formula is C36H26O4P2. The van der Waals surface area contributed by atoms with Crippen LogP contribution in [0.5, 0.6) is 11.5 Å². The third kappa shape index (κ3) is 4.67. The highest BCUT2D eigenvalue weighted by atomic mass is 31.2. The number of hydrogen-bond donors (Lipinski definition) is 0. The Morgan fingerprint density at radius 3 is 1.29 bits per heavy atom. The van der Waals surface area contributed by atoms with E-state index in [2.05, 4.69) is 84.9 Å². The molecule has 2 unspecified atom stereocenters. The fourth-order valence-corrected chi connectivity index (χ4v) is 8.55. The monoisotopic (exact) mass is 584 g/mol. The van der Waals surface area contributed by atoms with Crippen LogP contribution in [-0.2, 0) is 22.3 Å². The normalized spacial score (nSPS) is 16.4. The molecule has 0 radical (unpaired) electrons. The molecule has 0 bridgehead atoms. The average Bonchev–Trinajstić information content (AvgIpc) is 3.06. The molecule has 6 aromatic rings. The molecule has 0 N–H and O–H groups in total. The standard InChI is InChI=1S/C36H26O4P2/c1-2-12-26-22-28(24-38-42-36-20-10-6-16-32(36)30-14-4-8-18-34(30)40-42)27(21-25(26)11-1)23-37-41-35-19-9-5-15-31(35)29-13-3-7-17-33(29)39-41/h1-22H,23-24H2. The molecule has 0 saturated carbocycles. The SMILES string of the molecule is c1ccc2c(c1)OP(OCc1cc3ccccc3cc1COP1Oc3ccccc3-c3ccccc31)c1ccccc1-2. The van der Waals surface area contributed by atoms with Crippen LogP contribution >= 0.6 is 16.8 Å². The van der Waals surface area contributed by atoms with Crippen molar-refractivity contribution >= 4 is 38.1 Å². The number of benzene rings is 6. The molecule has 204 valence electrons. The van der Waals surface area contributed by atoms with Gasteiger partial charge in [-0.05, 0) is 69.4 Å². The first-order valence-corrected chi connectivity index (χ1v) is 16.3. The zero-order valence-corrected chi connectivity index (χ0v) is 24.4. The molecule has 0 amide bonds. The fraction of sp³-hybridized carbons (Fsp3) is 0.0556. The van der Waals surface area contributed by atoms with Crippen molar-refractivity contribution in [2.75, 3.05) is 0 Å². The highest BCUT2D eigenvalue weighted by Crippen LogP contribution is 2.51. The van der Waals surface area contributed by atoms with E-state index < -0.39 is 16.8 Å². The van der Waals surface area contributed by atoms with Crippen molar-refractivity contribution in [3.8, 4) is 33.8 Å². The van der Waals surface area contributed by atoms with Crippen molar-refractivity contribution in [2.45, 2.75) is 13.2 Å². The summed E-state index contributed by atoms with van der Waals surface area (Å²) in [4.78, 5) is 0. The van der Waals surface area contributed by atoms with E-state index in [1.807, 2.05) is 48.5 Å². The fourth-order valence-electron chi connectivity index (χ4n) is 5.59. The van der Waals surface area contributed by atoms with Crippen LogP contribution in [0.3, 0.4) is 0 Å². The molecule has 0 spiro atoms. The Morgan fingerprint density at radius 2 is 0.810 bits per heavy atom. The van der Waals surface area contributed by atoms with E-state index in [9.17, 15) is 0 Å². The molecule has 0 aromatic heterocycles. The Kier molecular flexibility index (Phi) is 6.71. The first-order chi connectivity index (χ1) is 20.8. The molecule has 6 heteroatoms. The van der Waals surface area contributed by atoms with E-state index in [4.69, 9.17) is 18.1 Å². The van der Waals surface area contributed by atoms with Crippen molar-refractivity contribution in [3.05, 3.63) is 145 Å². The Balaban J connectivity index is 1.09. The second-order valence-electron chi connectivity index (χ2n) is 10.2. The number of fused-ring (bicyclic) bond motifs is 7.